The largest absolute Gasteiger partial charge is 0.314 e. The van der Waals surface area contributed by atoms with Crippen molar-refractivity contribution in [3.63, 3.8) is 0 Å². The van der Waals surface area contributed by atoms with Crippen molar-refractivity contribution in [2.75, 3.05) is 65.4 Å². The first kappa shape index (κ1) is 15.9. The fourth-order valence-electron chi connectivity index (χ4n) is 3.32. The van der Waals surface area contributed by atoms with Crippen molar-refractivity contribution in [1.82, 2.24) is 20.4 Å². The zero-order chi connectivity index (χ0) is 15.0. The Morgan fingerprint density at radius 3 is 1.36 bits per heavy atom. The van der Waals surface area contributed by atoms with Crippen molar-refractivity contribution >= 4 is 0 Å². The Morgan fingerprint density at radius 1 is 0.636 bits per heavy atom. The second-order valence-electron chi connectivity index (χ2n) is 6.50. The van der Waals surface area contributed by atoms with Crippen molar-refractivity contribution in [2.45, 2.75) is 12.8 Å². The normalized spacial score (nSPS) is 21.1. The number of hydrogen-bond acceptors (Lipinski definition) is 4. The fourth-order valence-corrected chi connectivity index (χ4v) is 3.32. The van der Waals surface area contributed by atoms with Gasteiger partial charge >= 0.3 is 0 Å². The highest BCUT2D eigenvalue weighted by atomic mass is 15.2. The van der Waals surface area contributed by atoms with Gasteiger partial charge in [0.05, 0.1) is 0 Å². The monoisotopic (exact) mass is 302 g/mol. The Bertz CT molecular complexity index is 378. The Hall–Kier alpha value is -0.940. The summed E-state index contributed by atoms with van der Waals surface area (Å²) in [6, 6.07) is 9.31. The molecule has 2 saturated heterocycles. The van der Waals surface area contributed by atoms with E-state index < -0.39 is 0 Å². The third kappa shape index (κ3) is 5.06. The average Bonchev–Trinajstić information content (AvgIpc) is 2.61. The van der Waals surface area contributed by atoms with Crippen molar-refractivity contribution in [2.24, 2.45) is 0 Å². The summed E-state index contributed by atoms with van der Waals surface area (Å²) < 4.78 is 0. The molecule has 3 rings (SSSR count). The number of hydrogen-bond donors (Lipinski definition) is 2. The third-order valence-electron chi connectivity index (χ3n) is 4.88. The van der Waals surface area contributed by atoms with Crippen LogP contribution in [0.25, 0.3) is 0 Å². The lowest BCUT2D eigenvalue weighted by atomic mass is 10.1. The second kappa shape index (κ2) is 8.63. The maximum absolute atomic E-state index is 3.41. The van der Waals surface area contributed by atoms with Crippen molar-refractivity contribution in [1.29, 1.82) is 0 Å². The van der Waals surface area contributed by atoms with Gasteiger partial charge in [-0.25, -0.2) is 0 Å². The van der Waals surface area contributed by atoms with Gasteiger partial charge in [-0.3, -0.25) is 0 Å². The van der Waals surface area contributed by atoms with Gasteiger partial charge < -0.3 is 20.4 Å². The number of rotatable bonds is 6. The molecule has 2 N–H and O–H groups in total. The molecule has 0 spiro atoms. The van der Waals surface area contributed by atoms with Gasteiger partial charge in [-0.1, -0.05) is 24.3 Å². The molecular weight excluding hydrogens is 272 g/mol. The van der Waals surface area contributed by atoms with Crippen LogP contribution in [0.5, 0.6) is 0 Å². The molecule has 4 heteroatoms. The summed E-state index contributed by atoms with van der Waals surface area (Å²) >= 11 is 0. The smallest absolute Gasteiger partial charge is 0.0108 e. The summed E-state index contributed by atoms with van der Waals surface area (Å²) in [5.41, 5.74) is 2.95. The van der Waals surface area contributed by atoms with Crippen LogP contribution in [0.4, 0.5) is 0 Å². The topological polar surface area (TPSA) is 30.5 Å². The predicted octanol–water partition coefficient (Wildman–Crippen LogP) is 0.582. The van der Waals surface area contributed by atoms with E-state index in [0.717, 1.165) is 26.2 Å². The van der Waals surface area contributed by atoms with Crippen molar-refractivity contribution in [3.8, 4) is 0 Å². The molecule has 122 valence electrons. The van der Waals surface area contributed by atoms with Gasteiger partial charge in [0.1, 0.15) is 0 Å². The minimum absolute atomic E-state index is 1.14. The molecule has 2 aliphatic heterocycles. The molecule has 0 saturated carbocycles. The minimum Gasteiger partial charge on any atom is -0.314 e. The van der Waals surface area contributed by atoms with Crippen LogP contribution in [0, 0.1) is 0 Å². The van der Waals surface area contributed by atoms with Gasteiger partial charge in [-0.05, 0) is 24.0 Å². The quantitative estimate of drug-likeness (QED) is 0.805. The standard InChI is InChI=1S/C18H30N4/c1-2-18(6-12-22-15-9-20-10-16-22)4-3-17(1)5-11-21-13-7-19-8-14-21/h1-4,19-20H,5-16H2. The molecule has 22 heavy (non-hydrogen) atoms. The summed E-state index contributed by atoms with van der Waals surface area (Å²) in [4.78, 5) is 5.13. The lowest BCUT2D eigenvalue weighted by Gasteiger charge is -2.27. The van der Waals surface area contributed by atoms with Crippen LogP contribution < -0.4 is 10.6 Å². The van der Waals surface area contributed by atoms with Crippen LogP contribution in [0.2, 0.25) is 0 Å². The van der Waals surface area contributed by atoms with E-state index in [1.165, 1.54) is 63.2 Å². The van der Waals surface area contributed by atoms with E-state index >= 15 is 0 Å². The zero-order valence-corrected chi connectivity index (χ0v) is 13.7. The molecular formula is C18H30N4. The van der Waals surface area contributed by atoms with Crippen LogP contribution in [0.3, 0.4) is 0 Å². The van der Waals surface area contributed by atoms with E-state index in [9.17, 15) is 0 Å². The van der Waals surface area contributed by atoms with Crippen LogP contribution >= 0.6 is 0 Å². The summed E-state index contributed by atoms with van der Waals surface area (Å²) in [6.45, 7) is 11.8. The van der Waals surface area contributed by atoms with E-state index in [-0.39, 0.29) is 0 Å². The van der Waals surface area contributed by atoms with E-state index in [0.29, 0.717) is 0 Å². The Balaban J connectivity index is 1.39. The Kier molecular flexibility index (Phi) is 6.25. The Labute approximate surface area is 134 Å². The van der Waals surface area contributed by atoms with Crippen LogP contribution in [-0.4, -0.2) is 75.2 Å². The fraction of sp³-hybridized carbons (Fsp3) is 0.667. The highest BCUT2D eigenvalue weighted by Crippen LogP contribution is 2.08. The van der Waals surface area contributed by atoms with Crippen molar-refractivity contribution < 1.29 is 0 Å². The minimum atomic E-state index is 1.14. The number of nitrogens with zero attached hydrogens (tertiary/aromatic N) is 2. The molecule has 2 aliphatic rings. The predicted molar refractivity (Wildman–Crippen MR) is 92.5 cm³/mol. The molecule has 2 fully saturated rings. The van der Waals surface area contributed by atoms with Gasteiger partial charge in [0.15, 0.2) is 0 Å². The summed E-state index contributed by atoms with van der Waals surface area (Å²) in [7, 11) is 0. The summed E-state index contributed by atoms with van der Waals surface area (Å²) in [6.07, 6.45) is 2.36. The summed E-state index contributed by atoms with van der Waals surface area (Å²) in [5.74, 6) is 0. The maximum atomic E-state index is 3.41. The third-order valence-corrected chi connectivity index (χ3v) is 4.88. The molecule has 0 amide bonds. The molecule has 1 aromatic carbocycles. The van der Waals surface area contributed by atoms with E-state index in [4.69, 9.17) is 0 Å². The van der Waals surface area contributed by atoms with E-state index in [2.05, 4.69) is 44.7 Å². The number of nitrogens with one attached hydrogen (secondary N) is 2. The van der Waals surface area contributed by atoms with Gasteiger partial charge in [0, 0.05) is 65.4 Å². The zero-order valence-electron chi connectivity index (χ0n) is 13.7. The number of piperazine rings is 2. The molecule has 2 heterocycles. The molecule has 0 aliphatic carbocycles. The molecule has 0 bridgehead atoms. The molecule has 0 radical (unpaired) electrons. The summed E-state index contributed by atoms with van der Waals surface area (Å²) in [5, 5.41) is 6.82. The lowest BCUT2D eigenvalue weighted by Crippen LogP contribution is -2.44. The van der Waals surface area contributed by atoms with Gasteiger partial charge in [-0.2, -0.15) is 0 Å². The highest BCUT2D eigenvalue weighted by Gasteiger charge is 2.10. The molecule has 0 unspecified atom stereocenters. The first-order valence-electron chi connectivity index (χ1n) is 8.84. The van der Waals surface area contributed by atoms with Crippen LogP contribution in [-0.2, 0) is 12.8 Å². The molecule has 4 nitrogen and oxygen atoms in total. The molecule has 1 aromatic rings. The second-order valence-corrected chi connectivity index (χ2v) is 6.50. The molecule has 0 aromatic heterocycles. The van der Waals surface area contributed by atoms with Gasteiger partial charge in [0.2, 0.25) is 0 Å². The van der Waals surface area contributed by atoms with Gasteiger partial charge in [0.25, 0.3) is 0 Å². The lowest BCUT2D eigenvalue weighted by molar-refractivity contribution is 0.243. The van der Waals surface area contributed by atoms with Crippen LogP contribution in [0.15, 0.2) is 24.3 Å². The van der Waals surface area contributed by atoms with E-state index in [1.54, 1.807) is 0 Å². The maximum Gasteiger partial charge on any atom is 0.0108 e. The highest BCUT2D eigenvalue weighted by molar-refractivity contribution is 5.23. The number of benzene rings is 1. The molecule has 0 atom stereocenters. The Morgan fingerprint density at radius 2 is 1.00 bits per heavy atom. The van der Waals surface area contributed by atoms with Crippen LogP contribution in [0.1, 0.15) is 11.1 Å². The first-order chi connectivity index (χ1) is 10.9. The average molecular weight is 302 g/mol. The van der Waals surface area contributed by atoms with E-state index in [1.807, 2.05) is 0 Å². The van der Waals surface area contributed by atoms with Gasteiger partial charge in [-0.15, -0.1) is 0 Å². The van der Waals surface area contributed by atoms with Crippen molar-refractivity contribution in [3.05, 3.63) is 35.4 Å². The SMILES string of the molecule is c1cc(CCN2CCNCC2)ccc1CCN1CCNCC1. The first-order valence-corrected chi connectivity index (χ1v) is 8.84.